The first-order chi connectivity index (χ1) is 8.65. The van der Waals surface area contributed by atoms with Gasteiger partial charge in [0.05, 0.1) is 9.21 Å². The van der Waals surface area contributed by atoms with Gasteiger partial charge in [-0.3, -0.25) is 4.79 Å². The van der Waals surface area contributed by atoms with Crippen LogP contribution in [0.15, 0.2) is 36.4 Å². The molecule has 2 nitrogen and oxygen atoms in total. The maximum Gasteiger partial charge on any atom is 0.261 e. The highest BCUT2D eigenvalue weighted by Gasteiger charge is 2.07. The van der Waals surface area contributed by atoms with Crippen molar-refractivity contribution >= 4 is 28.8 Å². The summed E-state index contributed by atoms with van der Waals surface area (Å²) in [6.07, 6.45) is 0.672. The molecule has 0 aliphatic heterocycles. The van der Waals surface area contributed by atoms with Crippen LogP contribution in [0.5, 0.6) is 0 Å². The smallest absolute Gasteiger partial charge is 0.261 e. The molecular weight excluding hydrogens is 273 g/mol. The van der Waals surface area contributed by atoms with Gasteiger partial charge in [0, 0.05) is 6.54 Å². The summed E-state index contributed by atoms with van der Waals surface area (Å²) in [4.78, 5) is 12.3. The number of amides is 1. The quantitative estimate of drug-likeness (QED) is 0.914. The third kappa shape index (κ3) is 3.55. The fraction of sp³-hybridized carbons (Fsp3) is 0.154. The van der Waals surface area contributed by atoms with Crippen molar-refractivity contribution in [3.63, 3.8) is 0 Å². The molecule has 0 saturated carbocycles. The molecule has 0 fully saturated rings. The number of carbonyl (C=O) groups excluding carboxylic acids is 1. The molecule has 0 radical (unpaired) electrons. The van der Waals surface area contributed by atoms with Crippen molar-refractivity contribution in [3.8, 4) is 0 Å². The Hall–Kier alpha value is -1.39. The molecule has 1 heterocycles. The van der Waals surface area contributed by atoms with E-state index in [4.69, 9.17) is 11.6 Å². The predicted molar refractivity (Wildman–Crippen MR) is 71.8 cm³/mol. The van der Waals surface area contributed by atoms with E-state index in [-0.39, 0.29) is 11.7 Å². The van der Waals surface area contributed by atoms with Crippen molar-refractivity contribution in [3.05, 3.63) is 57.0 Å². The van der Waals surface area contributed by atoms with E-state index in [1.54, 1.807) is 24.3 Å². The third-order valence-electron chi connectivity index (χ3n) is 2.41. The van der Waals surface area contributed by atoms with Gasteiger partial charge in [-0.25, -0.2) is 4.39 Å². The van der Waals surface area contributed by atoms with Crippen molar-refractivity contribution in [1.29, 1.82) is 0 Å². The number of thiophene rings is 1. The highest BCUT2D eigenvalue weighted by atomic mass is 35.5. The van der Waals surface area contributed by atoms with E-state index in [0.717, 1.165) is 5.56 Å². The van der Waals surface area contributed by atoms with Crippen LogP contribution in [0.4, 0.5) is 4.39 Å². The van der Waals surface area contributed by atoms with Crippen molar-refractivity contribution in [1.82, 2.24) is 5.32 Å². The van der Waals surface area contributed by atoms with Gasteiger partial charge in [0.15, 0.2) is 0 Å². The maximum atomic E-state index is 12.7. The Balaban J connectivity index is 1.82. The van der Waals surface area contributed by atoms with Crippen LogP contribution in [0.2, 0.25) is 4.34 Å². The maximum absolute atomic E-state index is 12.7. The minimum Gasteiger partial charge on any atom is -0.351 e. The molecule has 18 heavy (non-hydrogen) atoms. The second kappa shape index (κ2) is 5.98. The Bertz CT molecular complexity index is 538. The molecule has 0 saturated heterocycles. The summed E-state index contributed by atoms with van der Waals surface area (Å²) in [6.45, 7) is 0.514. The molecular formula is C13H11ClFNOS. The van der Waals surface area contributed by atoms with Crippen molar-refractivity contribution in [2.24, 2.45) is 0 Å². The molecule has 0 aliphatic rings. The third-order valence-corrected chi connectivity index (χ3v) is 3.64. The standard InChI is InChI=1S/C13H11ClFNOS/c14-12-6-5-11(18-12)13(17)16-8-7-9-1-3-10(15)4-2-9/h1-6H,7-8H2,(H,16,17). The van der Waals surface area contributed by atoms with E-state index in [9.17, 15) is 9.18 Å². The Kier molecular flexibility index (Phi) is 4.33. The molecule has 5 heteroatoms. The average Bonchev–Trinajstić information content (AvgIpc) is 2.78. The molecule has 0 spiro atoms. The zero-order valence-electron chi connectivity index (χ0n) is 9.45. The molecule has 94 valence electrons. The molecule has 0 aliphatic carbocycles. The first-order valence-corrected chi connectivity index (χ1v) is 6.62. The Labute approximate surface area is 113 Å². The highest BCUT2D eigenvalue weighted by Crippen LogP contribution is 2.21. The molecule has 1 aromatic carbocycles. The number of halogens is 2. The highest BCUT2D eigenvalue weighted by molar-refractivity contribution is 7.17. The van der Waals surface area contributed by atoms with E-state index >= 15 is 0 Å². The molecule has 0 bridgehead atoms. The number of nitrogens with one attached hydrogen (secondary N) is 1. The first kappa shape index (κ1) is 13.1. The van der Waals surface area contributed by atoms with Crippen LogP contribution in [0.3, 0.4) is 0 Å². The molecule has 1 N–H and O–H groups in total. The molecule has 0 atom stereocenters. The lowest BCUT2D eigenvalue weighted by molar-refractivity contribution is 0.0958. The fourth-order valence-electron chi connectivity index (χ4n) is 1.49. The van der Waals surface area contributed by atoms with Crippen LogP contribution >= 0.6 is 22.9 Å². The Morgan fingerprint density at radius 3 is 2.56 bits per heavy atom. The number of benzene rings is 1. The normalized spacial score (nSPS) is 10.3. The lowest BCUT2D eigenvalue weighted by Gasteiger charge is -2.03. The average molecular weight is 284 g/mol. The van der Waals surface area contributed by atoms with Gasteiger partial charge in [-0.2, -0.15) is 0 Å². The summed E-state index contributed by atoms with van der Waals surface area (Å²) in [7, 11) is 0. The Morgan fingerprint density at radius 1 is 1.22 bits per heavy atom. The minimum absolute atomic E-state index is 0.131. The van der Waals surface area contributed by atoms with Gasteiger partial charge >= 0.3 is 0 Å². The van der Waals surface area contributed by atoms with Crippen LogP contribution in [0.25, 0.3) is 0 Å². The largest absolute Gasteiger partial charge is 0.351 e. The van der Waals surface area contributed by atoms with Crippen LogP contribution in [-0.4, -0.2) is 12.5 Å². The van der Waals surface area contributed by atoms with Gasteiger partial charge in [-0.05, 0) is 36.2 Å². The lowest BCUT2D eigenvalue weighted by atomic mass is 10.1. The van der Waals surface area contributed by atoms with E-state index in [1.807, 2.05) is 0 Å². The topological polar surface area (TPSA) is 29.1 Å². The van der Waals surface area contributed by atoms with Gasteiger partial charge in [-0.15, -0.1) is 11.3 Å². The molecule has 1 aromatic heterocycles. The zero-order chi connectivity index (χ0) is 13.0. The monoisotopic (exact) mass is 283 g/mol. The van der Waals surface area contributed by atoms with E-state index in [1.165, 1.54) is 23.5 Å². The van der Waals surface area contributed by atoms with Crippen molar-refractivity contribution < 1.29 is 9.18 Å². The summed E-state index contributed by atoms with van der Waals surface area (Å²) < 4.78 is 13.3. The van der Waals surface area contributed by atoms with Gasteiger partial charge < -0.3 is 5.32 Å². The number of rotatable bonds is 4. The van der Waals surface area contributed by atoms with Crippen LogP contribution in [0, 0.1) is 5.82 Å². The summed E-state index contributed by atoms with van der Waals surface area (Å²) in [5.74, 6) is -0.384. The minimum atomic E-state index is -0.254. The second-order valence-electron chi connectivity index (χ2n) is 3.74. The zero-order valence-corrected chi connectivity index (χ0v) is 11.0. The van der Waals surface area contributed by atoms with Crippen LogP contribution in [0.1, 0.15) is 15.2 Å². The number of hydrogen-bond acceptors (Lipinski definition) is 2. The molecule has 1 amide bonds. The number of carbonyl (C=O) groups is 1. The molecule has 2 rings (SSSR count). The van der Waals surface area contributed by atoms with Crippen LogP contribution in [-0.2, 0) is 6.42 Å². The second-order valence-corrected chi connectivity index (χ2v) is 5.45. The van der Waals surface area contributed by atoms with Crippen molar-refractivity contribution in [2.45, 2.75) is 6.42 Å². The molecule has 2 aromatic rings. The summed E-state index contributed by atoms with van der Waals surface area (Å²) in [5, 5.41) is 2.79. The van der Waals surface area contributed by atoms with Gasteiger partial charge in [0.1, 0.15) is 5.82 Å². The number of hydrogen-bond donors (Lipinski definition) is 1. The predicted octanol–water partition coefficient (Wildman–Crippen LogP) is 3.51. The lowest BCUT2D eigenvalue weighted by Crippen LogP contribution is -2.24. The van der Waals surface area contributed by atoms with E-state index in [0.29, 0.717) is 22.2 Å². The van der Waals surface area contributed by atoms with Crippen molar-refractivity contribution in [2.75, 3.05) is 6.54 Å². The van der Waals surface area contributed by atoms with Crippen LogP contribution < -0.4 is 5.32 Å². The SMILES string of the molecule is O=C(NCCc1ccc(F)cc1)c1ccc(Cl)s1. The Morgan fingerprint density at radius 2 is 1.94 bits per heavy atom. The summed E-state index contributed by atoms with van der Waals surface area (Å²) >= 11 is 7.00. The first-order valence-electron chi connectivity index (χ1n) is 5.43. The fourth-order valence-corrected chi connectivity index (χ4v) is 2.45. The van der Waals surface area contributed by atoms with E-state index < -0.39 is 0 Å². The summed E-state index contributed by atoms with van der Waals surface area (Å²) in [6, 6.07) is 9.64. The summed E-state index contributed by atoms with van der Waals surface area (Å²) in [5.41, 5.74) is 0.987. The van der Waals surface area contributed by atoms with Gasteiger partial charge in [0.25, 0.3) is 5.91 Å². The molecule has 0 unspecified atom stereocenters. The van der Waals surface area contributed by atoms with E-state index in [2.05, 4.69) is 5.32 Å². The van der Waals surface area contributed by atoms with Gasteiger partial charge in [0.2, 0.25) is 0 Å². The van der Waals surface area contributed by atoms with Gasteiger partial charge in [-0.1, -0.05) is 23.7 Å².